The molecular weight excluding hydrogens is 390 g/mol. The minimum Gasteiger partial charge on any atom is -0.444 e. The van der Waals surface area contributed by atoms with Crippen LogP contribution in [0.1, 0.15) is 53.7 Å². The molecule has 0 unspecified atom stereocenters. The van der Waals surface area contributed by atoms with E-state index in [1.165, 1.54) is 0 Å². The summed E-state index contributed by atoms with van der Waals surface area (Å²) in [5.74, 6) is -0.0735. The molecule has 7 nitrogen and oxygen atoms in total. The van der Waals surface area contributed by atoms with E-state index in [-0.39, 0.29) is 30.6 Å². The lowest BCUT2D eigenvalue weighted by molar-refractivity contribution is -0.121. The molecule has 1 aliphatic heterocycles. The lowest BCUT2D eigenvalue weighted by Gasteiger charge is -2.35. The van der Waals surface area contributed by atoms with Crippen LogP contribution in [-0.2, 0) is 9.53 Å². The Labute approximate surface area is 177 Å². The van der Waals surface area contributed by atoms with Crippen LogP contribution < -0.4 is 5.32 Å². The van der Waals surface area contributed by atoms with Crippen molar-refractivity contribution < 1.29 is 19.1 Å². The van der Waals surface area contributed by atoms with Crippen molar-refractivity contribution in [2.75, 3.05) is 39.3 Å². The molecule has 29 heavy (non-hydrogen) atoms. The molecule has 0 aromatic carbocycles. The maximum atomic E-state index is 12.3. The van der Waals surface area contributed by atoms with Crippen LogP contribution in [0.25, 0.3) is 0 Å². The lowest BCUT2D eigenvalue weighted by atomic mass is 10.1. The number of ketones is 1. The van der Waals surface area contributed by atoms with Gasteiger partial charge in [-0.2, -0.15) is 0 Å². The molecule has 0 saturated carbocycles. The van der Waals surface area contributed by atoms with Crippen molar-refractivity contribution in [3.8, 4) is 0 Å². The SMILES string of the molecule is Cc1cc(C(=O)CCC(=O)NCCN2CCN(C(=O)OC(C)(C)C)CC2)c(C)s1. The van der Waals surface area contributed by atoms with Crippen LogP contribution in [0, 0.1) is 13.8 Å². The lowest BCUT2D eigenvalue weighted by Crippen LogP contribution is -2.51. The third kappa shape index (κ3) is 7.78. The number of carbonyl (C=O) groups excluding carboxylic acids is 3. The Morgan fingerprint density at radius 3 is 2.31 bits per heavy atom. The second-order valence-electron chi connectivity index (χ2n) is 8.41. The van der Waals surface area contributed by atoms with Gasteiger partial charge in [-0.3, -0.25) is 14.5 Å². The molecule has 2 amide bonds. The van der Waals surface area contributed by atoms with Gasteiger partial charge >= 0.3 is 6.09 Å². The van der Waals surface area contributed by atoms with Gasteiger partial charge in [-0.05, 0) is 40.7 Å². The first-order valence-corrected chi connectivity index (χ1v) is 10.9. The molecule has 1 saturated heterocycles. The smallest absolute Gasteiger partial charge is 0.410 e. The van der Waals surface area contributed by atoms with Gasteiger partial charge < -0.3 is 15.0 Å². The second-order valence-corrected chi connectivity index (χ2v) is 9.87. The third-order valence-electron chi connectivity index (χ3n) is 4.69. The molecule has 1 N–H and O–H groups in total. The van der Waals surface area contributed by atoms with Gasteiger partial charge in [0, 0.05) is 67.4 Å². The van der Waals surface area contributed by atoms with Crippen LogP contribution in [0.5, 0.6) is 0 Å². The Kier molecular flexibility index (Phi) is 8.22. The summed E-state index contributed by atoms with van der Waals surface area (Å²) in [6.07, 6.45) is 0.169. The minimum absolute atomic E-state index is 0.0280. The van der Waals surface area contributed by atoms with Crippen molar-refractivity contribution in [2.24, 2.45) is 0 Å². The van der Waals surface area contributed by atoms with E-state index in [4.69, 9.17) is 4.74 Å². The van der Waals surface area contributed by atoms with E-state index in [1.807, 2.05) is 40.7 Å². The van der Waals surface area contributed by atoms with Gasteiger partial charge in [-0.15, -0.1) is 11.3 Å². The molecule has 1 aromatic rings. The predicted octanol–water partition coefficient (Wildman–Crippen LogP) is 3.00. The van der Waals surface area contributed by atoms with Crippen LogP contribution >= 0.6 is 11.3 Å². The Hall–Kier alpha value is -1.93. The van der Waals surface area contributed by atoms with E-state index in [9.17, 15) is 14.4 Å². The molecule has 1 aromatic heterocycles. The number of ether oxygens (including phenoxy) is 1. The predicted molar refractivity (Wildman–Crippen MR) is 115 cm³/mol. The van der Waals surface area contributed by atoms with Crippen molar-refractivity contribution in [1.29, 1.82) is 0 Å². The topological polar surface area (TPSA) is 79.0 Å². The summed E-state index contributed by atoms with van der Waals surface area (Å²) in [7, 11) is 0. The summed E-state index contributed by atoms with van der Waals surface area (Å²) >= 11 is 1.61. The summed E-state index contributed by atoms with van der Waals surface area (Å²) in [4.78, 5) is 42.4. The molecule has 0 atom stereocenters. The maximum Gasteiger partial charge on any atom is 0.410 e. The molecule has 0 radical (unpaired) electrons. The zero-order valence-corrected chi connectivity index (χ0v) is 19.0. The minimum atomic E-state index is -0.485. The quantitative estimate of drug-likeness (QED) is 0.682. The Morgan fingerprint density at radius 1 is 1.10 bits per heavy atom. The first-order chi connectivity index (χ1) is 13.5. The molecule has 0 bridgehead atoms. The third-order valence-corrected chi connectivity index (χ3v) is 5.66. The molecule has 2 rings (SSSR count). The molecule has 1 aliphatic rings. The highest BCUT2D eigenvalue weighted by Gasteiger charge is 2.25. The standard InChI is InChI=1S/C21H33N3O4S/c1-15-14-17(16(2)29-15)18(25)6-7-19(26)22-8-9-23-10-12-24(13-11-23)20(27)28-21(3,4)5/h14H,6-13H2,1-5H3,(H,22,26). The molecule has 1 fully saturated rings. The summed E-state index contributed by atoms with van der Waals surface area (Å²) in [6.45, 7) is 13.5. The Balaban J connectivity index is 1.62. The van der Waals surface area contributed by atoms with Gasteiger partial charge in [0.2, 0.25) is 5.91 Å². The number of nitrogens with zero attached hydrogens (tertiary/aromatic N) is 2. The number of Topliss-reactive ketones (excluding diaryl/α,β-unsaturated/α-hetero) is 1. The summed E-state index contributed by atoms with van der Waals surface area (Å²) in [6, 6.07) is 1.90. The highest BCUT2D eigenvalue weighted by atomic mass is 32.1. The average molecular weight is 424 g/mol. The average Bonchev–Trinajstić information content (AvgIpc) is 2.97. The highest BCUT2D eigenvalue weighted by Crippen LogP contribution is 2.22. The normalized spacial score (nSPS) is 15.3. The van der Waals surface area contributed by atoms with Gasteiger partial charge in [-0.1, -0.05) is 0 Å². The number of piperazine rings is 1. The number of nitrogens with one attached hydrogen (secondary N) is 1. The fraction of sp³-hybridized carbons (Fsp3) is 0.667. The molecule has 162 valence electrons. The summed E-state index contributed by atoms with van der Waals surface area (Å²) in [5.41, 5.74) is 0.254. The summed E-state index contributed by atoms with van der Waals surface area (Å²) < 4.78 is 5.40. The number of aryl methyl sites for hydroxylation is 2. The van der Waals surface area contributed by atoms with Gasteiger partial charge in [0.1, 0.15) is 5.60 Å². The van der Waals surface area contributed by atoms with Crippen molar-refractivity contribution >= 4 is 29.1 Å². The van der Waals surface area contributed by atoms with Crippen LogP contribution in [0.4, 0.5) is 4.79 Å². The second kappa shape index (κ2) is 10.2. The van der Waals surface area contributed by atoms with Gasteiger partial charge in [0.15, 0.2) is 5.78 Å². The monoisotopic (exact) mass is 423 g/mol. The first kappa shape index (κ1) is 23.3. The van der Waals surface area contributed by atoms with E-state index in [0.717, 1.165) is 35.0 Å². The molecule has 2 heterocycles. The largest absolute Gasteiger partial charge is 0.444 e. The zero-order valence-electron chi connectivity index (χ0n) is 18.2. The molecular formula is C21H33N3O4S. The number of hydrogen-bond donors (Lipinski definition) is 1. The number of hydrogen-bond acceptors (Lipinski definition) is 6. The van der Waals surface area contributed by atoms with Crippen LogP contribution in [0.2, 0.25) is 0 Å². The van der Waals surface area contributed by atoms with Crippen LogP contribution in [0.3, 0.4) is 0 Å². The van der Waals surface area contributed by atoms with E-state index in [2.05, 4.69) is 10.2 Å². The van der Waals surface area contributed by atoms with E-state index in [1.54, 1.807) is 16.2 Å². The fourth-order valence-electron chi connectivity index (χ4n) is 3.19. The number of amides is 2. The zero-order chi connectivity index (χ0) is 21.6. The molecule has 0 aliphatic carbocycles. The van der Waals surface area contributed by atoms with E-state index >= 15 is 0 Å². The molecule has 8 heteroatoms. The van der Waals surface area contributed by atoms with Gasteiger partial charge in [0.25, 0.3) is 0 Å². The molecule has 0 spiro atoms. The van der Waals surface area contributed by atoms with Crippen molar-refractivity contribution in [3.63, 3.8) is 0 Å². The summed E-state index contributed by atoms with van der Waals surface area (Å²) in [5, 5.41) is 2.89. The van der Waals surface area contributed by atoms with Crippen LogP contribution in [-0.4, -0.2) is 72.5 Å². The number of rotatable bonds is 7. The first-order valence-electron chi connectivity index (χ1n) is 10.1. The van der Waals surface area contributed by atoms with Gasteiger partial charge in [-0.25, -0.2) is 4.79 Å². The van der Waals surface area contributed by atoms with E-state index in [0.29, 0.717) is 19.6 Å². The highest BCUT2D eigenvalue weighted by molar-refractivity contribution is 7.12. The van der Waals surface area contributed by atoms with Gasteiger partial charge in [0.05, 0.1) is 0 Å². The van der Waals surface area contributed by atoms with Crippen molar-refractivity contribution in [3.05, 3.63) is 21.4 Å². The number of thiophene rings is 1. The number of carbonyl (C=O) groups is 3. The maximum absolute atomic E-state index is 12.3. The van der Waals surface area contributed by atoms with Crippen molar-refractivity contribution in [1.82, 2.24) is 15.1 Å². The van der Waals surface area contributed by atoms with Crippen LogP contribution in [0.15, 0.2) is 6.07 Å². The van der Waals surface area contributed by atoms with Crippen molar-refractivity contribution in [2.45, 2.75) is 53.1 Å². The Bertz CT molecular complexity index is 731. The van der Waals surface area contributed by atoms with E-state index < -0.39 is 5.60 Å². The fourth-order valence-corrected chi connectivity index (χ4v) is 4.13. The Morgan fingerprint density at radius 2 is 1.76 bits per heavy atom.